The van der Waals surface area contributed by atoms with Crippen molar-refractivity contribution in [2.45, 2.75) is 6.54 Å². The van der Waals surface area contributed by atoms with Crippen LogP contribution in [0.3, 0.4) is 0 Å². The fourth-order valence-electron chi connectivity index (χ4n) is 2.03. The van der Waals surface area contributed by atoms with E-state index in [1.165, 1.54) is 0 Å². The standard InChI is InChI=1S/C16H20N2O2/c1-18(2)15-7-5-4-6-14(15)17-11-12-10-13(20-3)8-9-16(12)19/h4-10,17,19H,11H2,1-3H3. The quantitative estimate of drug-likeness (QED) is 0.878. The third-order valence-corrected chi connectivity index (χ3v) is 3.14. The lowest BCUT2D eigenvalue weighted by atomic mass is 10.1. The van der Waals surface area contributed by atoms with Crippen molar-refractivity contribution in [2.75, 3.05) is 31.4 Å². The van der Waals surface area contributed by atoms with E-state index in [0.717, 1.165) is 22.7 Å². The van der Waals surface area contributed by atoms with Crippen molar-refractivity contribution in [3.8, 4) is 11.5 Å². The summed E-state index contributed by atoms with van der Waals surface area (Å²) < 4.78 is 5.18. The number of anilines is 2. The van der Waals surface area contributed by atoms with Gasteiger partial charge in [-0.25, -0.2) is 0 Å². The van der Waals surface area contributed by atoms with Gasteiger partial charge in [0.2, 0.25) is 0 Å². The monoisotopic (exact) mass is 272 g/mol. The van der Waals surface area contributed by atoms with Crippen molar-refractivity contribution >= 4 is 11.4 Å². The topological polar surface area (TPSA) is 44.7 Å². The van der Waals surface area contributed by atoms with Gasteiger partial charge in [0.25, 0.3) is 0 Å². The third-order valence-electron chi connectivity index (χ3n) is 3.14. The molecule has 0 atom stereocenters. The molecule has 0 aliphatic carbocycles. The van der Waals surface area contributed by atoms with E-state index in [0.29, 0.717) is 6.54 Å². The summed E-state index contributed by atoms with van der Waals surface area (Å²) in [4.78, 5) is 2.05. The molecule has 0 saturated carbocycles. The molecule has 106 valence electrons. The second-order valence-corrected chi connectivity index (χ2v) is 4.76. The number of rotatable bonds is 5. The Bertz CT molecular complexity index is 582. The van der Waals surface area contributed by atoms with Crippen LogP contribution < -0.4 is 15.0 Å². The van der Waals surface area contributed by atoms with E-state index >= 15 is 0 Å². The number of aromatic hydroxyl groups is 1. The van der Waals surface area contributed by atoms with E-state index in [-0.39, 0.29) is 5.75 Å². The van der Waals surface area contributed by atoms with Crippen molar-refractivity contribution in [3.05, 3.63) is 48.0 Å². The zero-order chi connectivity index (χ0) is 14.5. The number of phenolic OH excluding ortho intramolecular Hbond substituents is 1. The van der Waals surface area contributed by atoms with Crippen LogP contribution in [0.15, 0.2) is 42.5 Å². The molecule has 0 saturated heterocycles. The summed E-state index contributed by atoms with van der Waals surface area (Å²) in [6, 6.07) is 13.3. The summed E-state index contributed by atoms with van der Waals surface area (Å²) in [5.41, 5.74) is 2.94. The first-order valence-electron chi connectivity index (χ1n) is 6.48. The molecular weight excluding hydrogens is 252 g/mol. The van der Waals surface area contributed by atoms with Crippen molar-refractivity contribution in [1.82, 2.24) is 0 Å². The van der Waals surface area contributed by atoms with Gasteiger partial charge in [-0.1, -0.05) is 12.1 Å². The van der Waals surface area contributed by atoms with Crippen LogP contribution in [0, 0.1) is 0 Å². The number of methoxy groups -OCH3 is 1. The molecule has 0 aliphatic heterocycles. The van der Waals surface area contributed by atoms with Crippen LogP contribution in [0.1, 0.15) is 5.56 Å². The normalized spacial score (nSPS) is 10.2. The van der Waals surface area contributed by atoms with Crippen molar-refractivity contribution in [3.63, 3.8) is 0 Å². The fraction of sp³-hybridized carbons (Fsp3) is 0.250. The van der Waals surface area contributed by atoms with Crippen molar-refractivity contribution < 1.29 is 9.84 Å². The highest BCUT2D eigenvalue weighted by atomic mass is 16.5. The lowest BCUT2D eigenvalue weighted by Crippen LogP contribution is -2.12. The van der Waals surface area contributed by atoms with E-state index in [1.807, 2.05) is 49.3 Å². The van der Waals surface area contributed by atoms with Gasteiger partial charge in [0.1, 0.15) is 11.5 Å². The predicted octanol–water partition coefficient (Wildman–Crippen LogP) is 3.08. The van der Waals surface area contributed by atoms with Crippen LogP contribution >= 0.6 is 0 Å². The minimum atomic E-state index is 0.264. The molecule has 4 nitrogen and oxygen atoms in total. The maximum Gasteiger partial charge on any atom is 0.120 e. The number of benzene rings is 2. The Morgan fingerprint density at radius 2 is 1.90 bits per heavy atom. The highest BCUT2D eigenvalue weighted by molar-refractivity contribution is 5.69. The minimum absolute atomic E-state index is 0.264. The number of nitrogens with zero attached hydrogens (tertiary/aromatic N) is 1. The largest absolute Gasteiger partial charge is 0.508 e. The molecule has 0 unspecified atom stereocenters. The highest BCUT2D eigenvalue weighted by Gasteiger charge is 2.06. The molecule has 2 rings (SSSR count). The van der Waals surface area contributed by atoms with Gasteiger partial charge >= 0.3 is 0 Å². The number of nitrogens with one attached hydrogen (secondary N) is 1. The highest BCUT2D eigenvalue weighted by Crippen LogP contribution is 2.27. The van der Waals surface area contributed by atoms with E-state index in [4.69, 9.17) is 4.74 Å². The smallest absolute Gasteiger partial charge is 0.120 e. The summed E-state index contributed by atoms with van der Waals surface area (Å²) >= 11 is 0. The lowest BCUT2D eigenvalue weighted by molar-refractivity contribution is 0.411. The van der Waals surface area contributed by atoms with Crippen LogP contribution in [0.2, 0.25) is 0 Å². The van der Waals surface area contributed by atoms with Gasteiger partial charge in [0, 0.05) is 26.2 Å². The van der Waals surface area contributed by atoms with E-state index in [2.05, 4.69) is 5.32 Å². The second kappa shape index (κ2) is 6.19. The van der Waals surface area contributed by atoms with Gasteiger partial charge in [-0.3, -0.25) is 0 Å². The molecule has 0 bridgehead atoms. The molecule has 0 spiro atoms. The Morgan fingerprint density at radius 3 is 2.60 bits per heavy atom. The summed E-state index contributed by atoms with van der Waals surface area (Å²) in [7, 11) is 5.62. The molecule has 4 heteroatoms. The number of para-hydroxylation sites is 2. The van der Waals surface area contributed by atoms with Gasteiger partial charge in [-0.15, -0.1) is 0 Å². The maximum absolute atomic E-state index is 9.88. The zero-order valence-electron chi connectivity index (χ0n) is 12.1. The Kier molecular flexibility index (Phi) is 4.35. The SMILES string of the molecule is COc1ccc(O)c(CNc2ccccc2N(C)C)c1. The Hall–Kier alpha value is -2.36. The summed E-state index contributed by atoms with van der Waals surface area (Å²) in [6.07, 6.45) is 0. The number of ether oxygens (including phenoxy) is 1. The molecule has 2 aromatic carbocycles. The number of phenols is 1. The summed E-state index contributed by atoms with van der Waals surface area (Å²) in [6.45, 7) is 0.536. The molecule has 0 aromatic heterocycles. The van der Waals surface area contributed by atoms with Crippen molar-refractivity contribution in [1.29, 1.82) is 0 Å². The van der Waals surface area contributed by atoms with E-state index in [1.54, 1.807) is 19.2 Å². The Labute approximate surface area is 119 Å². The van der Waals surface area contributed by atoms with Crippen LogP contribution in [-0.2, 0) is 6.54 Å². The van der Waals surface area contributed by atoms with Gasteiger partial charge in [0.15, 0.2) is 0 Å². The molecule has 0 heterocycles. The van der Waals surface area contributed by atoms with Crippen LogP contribution in [0.25, 0.3) is 0 Å². The second-order valence-electron chi connectivity index (χ2n) is 4.76. The molecule has 0 radical (unpaired) electrons. The average Bonchev–Trinajstić information content (AvgIpc) is 2.46. The van der Waals surface area contributed by atoms with E-state index < -0.39 is 0 Å². The third kappa shape index (κ3) is 3.15. The van der Waals surface area contributed by atoms with Crippen LogP contribution in [0.4, 0.5) is 11.4 Å². The molecular formula is C16H20N2O2. The van der Waals surface area contributed by atoms with Crippen molar-refractivity contribution in [2.24, 2.45) is 0 Å². The Balaban J connectivity index is 2.17. The van der Waals surface area contributed by atoms with Gasteiger partial charge in [0.05, 0.1) is 18.5 Å². The first kappa shape index (κ1) is 14.1. The minimum Gasteiger partial charge on any atom is -0.508 e. The molecule has 0 fully saturated rings. The lowest BCUT2D eigenvalue weighted by Gasteiger charge is -2.18. The number of hydrogen-bond acceptors (Lipinski definition) is 4. The van der Waals surface area contributed by atoms with Gasteiger partial charge in [-0.2, -0.15) is 0 Å². The van der Waals surface area contributed by atoms with Gasteiger partial charge < -0.3 is 20.1 Å². The molecule has 2 aromatic rings. The van der Waals surface area contributed by atoms with Crippen LogP contribution in [0.5, 0.6) is 11.5 Å². The Morgan fingerprint density at radius 1 is 1.15 bits per heavy atom. The molecule has 2 N–H and O–H groups in total. The number of hydrogen-bond donors (Lipinski definition) is 2. The summed E-state index contributed by atoms with van der Waals surface area (Å²) in [5.74, 6) is 1.00. The van der Waals surface area contributed by atoms with E-state index in [9.17, 15) is 5.11 Å². The molecule has 0 amide bonds. The average molecular weight is 272 g/mol. The molecule has 20 heavy (non-hydrogen) atoms. The zero-order valence-corrected chi connectivity index (χ0v) is 12.1. The first-order chi connectivity index (χ1) is 9.61. The fourth-order valence-corrected chi connectivity index (χ4v) is 2.03. The van der Waals surface area contributed by atoms with Crippen LogP contribution in [-0.4, -0.2) is 26.3 Å². The first-order valence-corrected chi connectivity index (χ1v) is 6.48. The predicted molar refractivity (Wildman–Crippen MR) is 82.8 cm³/mol. The molecule has 0 aliphatic rings. The maximum atomic E-state index is 9.88. The summed E-state index contributed by atoms with van der Waals surface area (Å²) in [5, 5.41) is 13.2. The van der Waals surface area contributed by atoms with Gasteiger partial charge in [-0.05, 0) is 30.3 Å².